The molecule has 0 bridgehead atoms. The summed E-state index contributed by atoms with van der Waals surface area (Å²) in [6.07, 6.45) is 0.462. The molecule has 1 amide bonds. The Bertz CT molecular complexity index is 658. The molecule has 2 rings (SSSR count). The van der Waals surface area contributed by atoms with Gasteiger partial charge in [0.1, 0.15) is 12.3 Å². The number of hydrogen-bond donors (Lipinski definition) is 0. The van der Waals surface area contributed by atoms with Crippen molar-refractivity contribution in [3.8, 4) is 5.75 Å². The van der Waals surface area contributed by atoms with Gasteiger partial charge in [-0.05, 0) is 38.5 Å². The highest BCUT2D eigenvalue weighted by Gasteiger charge is 2.29. The molecule has 0 aromatic heterocycles. The number of ether oxygens (including phenoxy) is 2. The van der Waals surface area contributed by atoms with Gasteiger partial charge >= 0.3 is 5.97 Å². The SMILES string of the molecule is CCC(C)OC(=O)CN1C(=O)COc2ccc(C(=O)C(C)Cl)cc21. The molecule has 0 fully saturated rings. The first-order chi connectivity index (χ1) is 11.3. The van der Waals surface area contributed by atoms with E-state index in [9.17, 15) is 14.4 Å². The second-order valence-electron chi connectivity index (χ2n) is 5.64. The number of alkyl halides is 1. The fraction of sp³-hybridized carbons (Fsp3) is 0.471. The molecule has 0 aliphatic carbocycles. The summed E-state index contributed by atoms with van der Waals surface area (Å²) in [5.41, 5.74) is 0.727. The third-order valence-electron chi connectivity index (χ3n) is 3.74. The van der Waals surface area contributed by atoms with Crippen molar-refractivity contribution in [2.45, 2.75) is 38.7 Å². The molecule has 0 saturated heterocycles. The summed E-state index contributed by atoms with van der Waals surface area (Å²) < 4.78 is 10.6. The molecule has 1 aromatic rings. The molecule has 24 heavy (non-hydrogen) atoms. The molecule has 0 radical (unpaired) electrons. The van der Waals surface area contributed by atoms with E-state index >= 15 is 0 Å². The standard InChI is InChI=1S/C17H20ClNO5/c1-4-10(2)24-16(21)8-19-13-7-12(17(22)11(3)18)5-6-14(13)23-9-15(19)20/h5-7,10-11H,4,8-9H2,1-3H3. The van der Waals surface area contributed by atoms with Crippen LogP contribution >= 0.6 is 11.6 Å². The Labute approximate surface area is 145 Å². The summed E-state index contributed by atoms with van der Waals surface area (Å²) >= 11 is 5.83. The molecule has 1 aliphatic heterocycles. The van der Waals surface area contributed by atoms with E-state index in [4.69, 9.17) is 21.1 Å². The van der Waals surface area contributed by atoms with Crippen LogP contribution in [-0.4, -0.2) is 42.3 Å². The van der Waals surface area contributed by atoms with Gasteiger partial charge in [0.2, 0.25) is 0 Å². The number of carbonyl (C=O) groups is 3. The second kappa shape index (κ2) is 7.66. The van der Waals surface area contributed by atoms with Gasteiger partial charge in [0.05, 0.1) is 17.2 Å². The molecule has 0 saturated carbocycles. The molecule has 1 aromatic carbocycles. The van der Waals surface area contributed by atoms with Crippen molar-refractivity contribution < 1.29 is 23.9 Å². The topological polar surface area (TPSA) is 72.9 Å². The quantitative estimate of drug-likeness (QED) is 0.446. The predicted molar refractivity (Wildman–Crippen MR) is 89.8 cm³/mol. The Kier molecular flexibility index (Phi) is 5.83. The Morgan fingerprint density at radius 2 is 2.08 bits per heavy atom. The number of fused-ring (bicyclic) bond motifs is 1. The molecule has 0 N–H and O–H groups in total. The third-order valence-corrected chi connectivity index (χ3v) is 3.94. The largest absolute Gasteiger partial charge is 0.482 e. The molecule has 130 valence electrons. The highest BCUT2D eigenvalue weighted by Crippen LogP contribution is 2.33. The third kappa shape index (κ3) is 4.06. The number of Topliss-reactive ketones (excluding diaryl/α,β-unsaturated/α-hetero) is 1. The van der Waals surface area contributed by atoms with Gasteiger partial charge in [-0.2, -0.15) is 0 Å². The van der Waals surface area contributed by atoms with Crippen LogP contribution in [0.4, 0.5) is 5.69 Å². The predicted octanol–water partition coefficient (Wildman–Crippen LogP) is 2.56. The number of esters is 1. The van der Waals surface area contributed by atoms with Gasteiger partial charge in [-0.25, -0.2) is 0 Å². The number of carbonyl (C=O) groups excluding carboxylic acids is 3. The smallest absolute Gasteiger partial charge is 0.326 e. The molecule has 7 heteroatoms. The van der Waals surface area contributed by atoms with Crippen LogP contribution < -0.4 is 9.64 Å². The Morgan fingerprint density at radius 1 is 1.38 bits per heavy atom. The van der Waals surface area contributed by atoms with Gasteiger partial charge in [-0.15, -0.1) is 11.6 Å². The molecule has 1 heterocycles. The first kappa shape index (κ1) is 18.3. The summed E-state index contributed by atoms with van der Waals surface area (Å²) in [7, 11) is 0. The molecule has 2 unspecified atom stereocenters. The van der Waals surface area contributed by atoms with Gasteiger partial charge in [0.15, 0.2) is 12.4 Å². The number of amides is 1. The Hall–Kier alpha value is -2.08. The van der Waals surface area contributed by atoms with E-state index in [0.29, 0.717) is 23.4 Å². The highest BCUT2D eigenvalue weighted by atomic mass is 35.5. The molecular weight excluding hydrogens is 334 g/mol. The zero-order valence-electron chi connectivity index (χ0n) is 13.9. The van der Waals surface area contributed by atoms with Crippen LogP contribution in [0.25, 0.3) is 0 Å². The zero-order chi connectivity index (χ0) is 17.9. The van der Waals surface area contributed by atoms with Crippen molar-refractivity contribution in [2.24, 2.45) is 0 Å². The molecule has 0 spiro atoms. The summed E-state index contributed by atoms with van der Waals surface area (Å²) in [6.45, 7) is 4.87. The fourth-order valence-electron chi connectivity index (χ4n) is 2.23. The van der Waals surface area contributed by atoms with Crippen molar-refractivity contribution in [3.05, 3.63) is 23.8 Å². The van der Waals surface area contributed by atoms with E-state index in [1.807, 2.05) is 6.92 Å². The van der Waals surface area contributed by atoms with Gasteiger partial charge < -0.3 is 9.47 Å². The molecule has 1 aliphatic rings. The van der Waals surface area contributed by atoms with E-state index in [1.54, 1.807) is 26.0 Å². The number of anilines is 1. The lowest BCUT2D eigenvalue weighted by Crippen LogP contribution is -2.43. The molecule has 6 nitrogen and oxygen atoms in total. The number of halogens is 1. The normalized spacial score (nSPS) is 16.0. The minimum Gasteiger partial charge on any atom is -0.482 e. The van der Waals surface area contributed by atoms with Crippen LogP contribution in [0.15, 0.2) is 18.2 Å². The highest BCUT2D eigenvalue weighted by molar-refractivity contribution is 6.33. The average molecular weight is 354 g/mol. The van der Waals surface area contributed by atoms with Crippen molar-refractivity contribution in [1.29, 1.82) is 0 Å². The first-order valence-electron chi connectivity index (χ1n) is 7.78. The van der Waals surface area contributed by atoms with E-state index in [0.717, 1.165) is 0 Å². The van der Waals surface area contributed by atoms with Crippen molar-refractivity contribution in [2.75, 3.05) is 18.1 Å². The van der Waals surface area contributed by atoms with E-state index < -0.39 is 11.3 Å². The van der Waals surface area contributed by atoms with Crippen molar-refractivity contribution in [1.82, 2.24) is 0 Å². The van der Waals surface area contributed by atoms with Crippen molar-refractivity contribution >= 4 is 34.9 Å². The number of nitrogens with zero attached hydrogens (tertiary/aromatic N) is 1. The maximum absolute atomic E-state index is 12.1. The van der Waals surface area contributed by atoms with E-state index in [-0.39, 0.29) is 30.9 Å². The number of benzene rings is 1. The van der Waals surface area contributed by atoms with Crippen LogP contribution in [0.5, 0.6) is 5.75 Å². The maximum atomic E-state index is 12.1. The summed E-state index contributed by atoms with van der Waals surface area (Å²) in [4.78, 5) is 37.5. The van der Waals surface area contributed by atoms with Gasteiger partial charge in [0.25, 0.3) is 5.91 Å². The zero-order valence-corrected chi connectivity index (χ0v) is 14.6. The van der Waals surface area contributed by atoms with Gasteiger partial charge in [-0.3, -0.25) is 19.3 Å². The van der Waals surface area contributed by atoms with Crippen LogP contribution in [0.3, 0.4) is 0 Å². The lowest BCUT2D eigenvalue weighted by atomic mass is 10.1. The Morgan fingerprint density at radius 3 is 2.71 bits per heavy atom. The Balaban J connectivity index is 2.27. The minimum absolute atomic E-state index is 0.164. The summed E-state index contributed by atoms with van der Waals surface area (Å²) in [6, 6.07) is 4.71. The van der Waals surface area contributed by atoms with Gasteiger partial charge in [-0.1, -0.05) is 6.92 Å². The average Bonchev–Trinajstić information content (AvgIpc) is 2.56. The lowest BCUT2D eigenvalue weighted by Gasteiger charge is -2.29. The fourth-order valence-corrected chi connectivity index (χ4v) is 2.36. The number of ketones is 1. The van der Waals surface area contributed by atoms with E-state index in [2.05, 4.69) is 0 Å². The van der Waals surface area contributed by atoms with Gasteiger partial charge in [0, 0.05) is 5.56 Å². The van der Waals surface area contributed by atoms with Crippen LogP contribution in [0, 0.1) is 0 Å². The van der Waals surface area contributed by atoms with Crippen LogP contribution in [0.1, 0.15) is 37.6 Å². The van der Waals surface area contributed by atoms with Crippen LogP contribution in [0.2, 0.25) is 0 Å². The maximum Gasteiger partial charge on any atom is 0.326 e. The van der Waals surface area contributed by atoms with Crippen molar-refractivity contribution in [3.63, 3.8) is 0 Å². The lowest BCUT2D eigenvalue weighted by molar-refractivity contribution is -0.147. The molecule has 2 atom stereocenters. The molecular formula is C17H20ClNO5. The number of hydrogen-bond acceptors (Lipinski definition) is 5. The first-order valence-corrected chi connectivity index (χ1v) is 8.22. The van der Waals surface area contributed by atoms with Crippen LogP contribution in [-0.2, 0) is 14.3 Å². The second-order valence-corrected chi connectivity index (χ2v) is 6.29. The minimum atomic E-state index is -0.688. The van der Waals surface area contributed by atoms with E-state index in [1.165, 1.54) is 11.0 Å². The monoisotopic (exact) mass is 353 g/mol. The summed E-state index contributed by atoms with van der Waals surface area (Å²) in [5, 5.41) is -0.688. The summed E-state index contributed by atoms with van der Waals surface area (Å²) in [5.74, 6) is -0.704. The number of rotatable bonds is 6.